The van der Waals surface area contributed by atoms with Crippen LogP contribution in [0.1, 0.15) is 49.6 Å². The summed E-state index contributed by atoms with van der Waals surface area (Å²) in [6, 6.07) is 24.6. The van der Waals surface area contributed by atoms with Crippen LogP contribution in [0.15, 0.2) is 82.4 Å². The van der Waals surface area contributed by atoms with E-state index in [0.717, 1.165) is 38.6 Å². The van der Waals surface area contributed by atoms with Gasteiger partial charge in [0.05, 0.1) is 6.21 Å². The van der Waals surface area contributed by atoms with Crippen LogP contribution in [0.3, 0.4) is 0 Å². The third-order valence-electron chi connectivity index (χ3n) is 6.18. The molecule has 0 bridgehead atoms. The van der Waals surface area contributed by atoms with E-state index in [9.17, 15) is 4.79 Å². The Morgan fingerprint density at radius 3 is 2.28 bits per heavy atom. The number of thioether (sulfide) groups is 1. The third-order valence-corrected chi connectivity index (χ3v) is 8.25. The predicted octanol–water partition coefficient (Wildman–Crippen LogP) is 7.67. The van der Waals surface area contributed by atoms with E-state index in [2.05, 4.69) is 101 Å². The average molecular weight is 561 g/mol. The number of aromatic nitrogens is 1. The summed E-state index contributed by atoms with van der Waals surface area (Å²) in [5.74, 6) is 1.64. The van der Waals surface area contributed by atoms with Gasteiger partial charge in [-0.2, -0.15) is 16.9 Å². The molecule has 0 unspecified atom stereocenters. The van der Waals surface area contributed by atoms with Gasteiger partial charge in [-0.25, -0.2) is 5.43 Å². The minimum absolute atomic E-state index is 0.228. The van der Waals surface area contributed by atoms with Crippen LogP contribution in [0.25, 0.3) is 5.69 Å². The summed E-state index contributed by atoms with van der Waals surface area (Å²) in [5.41, 5.74) is 12.4. The number of carbonyl (C=O) groups is 1. The Bertz CT molecular complexity index is 1390. The lowest BCUT2D eigenvalue weighted by Crippen LogP contribution is -2.17. The Kier molecular flexibility index (Phi) is 8.49. The van der Waals surface area contributed by atoms with Crippen molar-refractivity contribution in [1.82, 2.24) is 9.99 Å². The van der Waals surface area contributed by atoms with Gasteiger partial charge < -0.3 is 4.57 Å². The van der Waals surface area contributed by atoms with E-state index >= 15 is 0 Å². The fourth-order valence-electron chi connectivity index (χ4n) is 4.13. The minimum atomic E-state index is -0.228. The number of hydrogen-bond donors (Lipinski definition) is 1. The van der Waals surface area contributed by atoms with Gasteiger partial charge in [0.2, 0.25) is 0 Å². The highest BCUT2D eigenvalue weighted by molar-refractivity contribution is 9.10. The molecule has 0 spiro atoms. The molecule has 0 fully saturated rings. The molecule has 184 valence electrons. The average Bonchev–Trinajstić information content (AvgIpc) is 3.09. The summed E-state index contributed by atoms with van der Waals surface area (Å²) >= 11 is 5.58. The van der Waals surface area contributed by atoms with Crippen molar-refractivity contribution in [3.8, 4) is 5.69 Å². The summed E-state index contributed by atoms with van der Waals surface area (Å²) in [5, 5.41) is 4.26. The summed E-state index contributed by atoms with van der Waals surface area (Å²) in [7, 11) is 0. The maximum Gasteiger partial charge on any atom is 0.271 e. The number of rotatable bonds is 8. The molecule has 3 aromatic carbocycles. The number of nitrogens with zero attached hydrogens (tertiary/aromatic N) is 2. The highest BCUT2D eigenvalue weighted by atomic mass is 79.9. The van der Waals surface area contributed by atoms with Crippen molar-refractivity contribution in [2.24, 2.45) is 5.10 Å². The molecule has 0 aliphatic heterocycles. The molecule has 6 heteroatoms. The quantitative estimate of drug-likeness (QED) is 0.178. The molecule has 36 heavy (non-hydrogen) atoms. The van der Waals surface area contributed by atoms with Gasteiger partial charge in [-0.05, 0) is 84.1 Å². The molecule has 1 N–H and O–H groups in total. The first-order valence-electron chi connectivity index (χ1n) is 11.8. The summed E-state index contributed by atoms with van der Waals surface area (Å²) in [6.07, 6.45) is 1.71. The molecule has 1 aromatic heterocycles. The standard InChI is InChI=1S/C30H30BrN3OS/c1-20-10-11-21(2)28(16-20)34-22(3)27(29(31)23(34)4)17-32-33-30(35)26-14-12-25(13-15-26)19-36-18-24-8-6-5-7-9-24/h5-17H,18-19H2,1-4H3,(H,33,35)/b32-17-. The zero-order chi connectivity index (χ0) is 25.7. The van der Waals surface area contributed by atoms with Gasteiger partial charge in [0.1, 0.15) is 0 Å². The smallest absolute Gasteiger partial charge is 0.271 e. The number of hydrazone groups is 1. The predicted molar refractivity (Wildman–Crippen MR) is 155 cm³/mol. The van der Waals surface area contributed by atoms with Gasteiger partial charge in [0, 0.05) is 44.2 Å². The summed E-state index contributed by atoms with van der Waals surface area (Å²) < 4.78 is 3.20. The van der Waals surface area contributed by atoms with Crippen LogP contribution >= 0.6 is 27.7 Å². The molecule has 4 aromatic rings. The van der Waals surface area contributed by atoms with E-state index < -0.39 is 0 Å². The molecule has 0 radical (unpaired) electrons. The molecule has 4 nitrogen and oxygen atoms in total. The SMILES string of the molecule is Cc1ccc(C)c(-n2c(C)c(Br)c(/C=N\NC(=O)c3ccc(CSCc4ccccc4)cc3)c2C)c1. The molecular formula is C30H30BrN3OS. The van der Waals surface area contributed by atoms with E-state index in [1.165, 1.54) is 22.3 Å². The van der Waals surface area contributed by atoms with Crippen LogP contribution in [0, 0.1) is 27.7 Å². The second kappa shape index (κ2) is 11.8. The Morgan fingerprint density at radius 1 is 0.917 bits per heavy atom. The highest BCUT2D eigenvalue weighted by Crippen LogP contribution is 2.31. The van der Waals surface area contributed by atoms with Gasteiger partial charge in [0.25, 0.3) is 5.91 Å². The van der Waals surface area contributed by atoms with Crippen molar-refractivity contribution in [3.05, 3.63) is 122 Å². The van der Waals surface area contributed by atoms with Crippen LogP contribution < -0.4 is 5.43 Å². The lowest BCUT2D eigenvalue weighted by atomic mass is 10.1. The largest absolute Gasteiger partial charge is 0.316 e. The number of hydrogen-bond acceptors (Lipinski definition) is 3. The lowest BCUT2D eigenvalue weighted by molar-refractivity contribution is 0.0955. The van der Waals surface area contributed by atoms with Crippen molar-refractivity contribution < 1.29 is 4.79 Å². The molecule has 0 saturated heterocycles. The van der Waals surface area contributed by atoms with Crippen molar-refractivity contribution in [1.29, 1.82) is 0 Å². The third kappa shape index (κ3) is 6.00. The molecule has 0 aliphatic rings. The zero-order valence-electron chi connectivity index (χ0n) is 21.0. The number of benzene rings is 3. The van der Waals surface area contributed by atoms with Gasteiger partial charge in [-0.15, -0.1) is 0 Å². The molecular weight excluding hydrogens is 530 g/mol. The van der Waals surface area contributed by atoms with Crippen molar-refractivity contribution in [2.75, 3.05) is 0 Å². The lowest BCUT2D eigenvalue weighted by Gasteiger charge is -2.13. The second-order valence-corrected chi connectivity index (χ2v) is 10.7. The molecule has 0 aliphatic carbocycles. The van der Waals surface area contributed by atoms with Crippen molar-refractivity contribution in [2.45, 2.75) is 39.2 Å². The van der Waals surface area contributed by atoms with Crippen LogP contribution in [0.2, 0.25) is 0 Å². The van der Waals surface area contributed by atoms with E-state index in [1.54, 1.807) is 6.21 Å². The molecule has 0 saturated carbocycles. The maximum atomic E-state index is 12.6. The molecule has 0 atom stereocenters. The molecule has 1 amide bonds. The number of aryl methyl sites for hydroxylation is 2. The van der Waals surface area contributed by atoms with E-state index in [1.807, 2.05) is 42.1 Å². The van der Waals surface area contributed by atoms with Gasteiger partial charge in [-0.3, -0.25) is 4.79 Å². The summed E-state index contributed by atoms with van der Waals surface area (Å²) in [4.78, 5) is 12.6. The fourth-order valence-corrected chi connectivity index (χ4v) is 5.65. The van der Waals surface area contributed by atoms with Crippen LogP contribution in [0.4, 0.5) is 0 Å². The normalized spacial score (nSPS) is 11.2. The van der Waals surface area contributed by atoms with Crippen molar-refractivity contribution >= 4 is 39.8 Å². The van der Waals surface area contributed by atoms with Crippen LogP contribution in [-0.4, -0.2) is 16.7 Å². The second-order valence-electron chi connectivity index (χ2n) is 8.90. The van der Waals surface area contributed by atoms with E-state index in [4.69, 9.17) is 0 Å². The first kappa shape index (κ1) is 26.0. The zero-order valence-corrected chi connectivity index (χ0v) is 23.4. The Labute approximate surface area is 226 Å². The number of nitrogens with one attached hydrogen (secondary N) is 1. The van der Waals surface area contributed by atoms with Crippen molar-refractivity contribution in [3.63, 3.8) is 0 Å². The minimum Gasteiger partial charge on any atom is -0.316 e. The topological polar surface area (TPSA) is 46.4 Å². The highest BCUT2D eigenvalue weighted by Gasteiger charge is 2.17. The Morgan fingerprint density at radius 2 is 1.58 bits per heavy atom. The van der Waals surface area contributed by atoms with E-state index in [0.29, 0.717) is 5.56 Å². The van der Waals surface area contributed by atoms with Crippen LogP contribution in [-0.2, 0) is 11.5 Å². The van der Waals surface area contributed by atoms with Crippen LogP contribution in [0.5, 0.6) is 0 Å². The number of amides is 1. The summed E-state index contributed by atoms with van der Waals surface area (Å²) in [6.45, 7) is 8.36. The number of halogens is 1. The van der Waals surface area contributed by atoms with E-state index in [-0.39, 0.29) is 5.91 Å². The fraction of sp³-hybridized carbons (Fsp3) is 0.200. The number of carbonyl (C=O) groups excluding carboxylic acids is 1. The van der Waals surface area contributed by atoms with Gasteiger partial charge in [-0.1, -0.05) is 54.6 Å². The first-order valence-corrected chi connectivity index (χ1v) is 13.8. The van der Waals surface area contributed by atoms with Gasteiger partial charge in [0.15, 0.2) is 0 Å². The molecule has 1 heterocycles. The Balaban J connectivity index is 1.39. The monoisotopic (exact) mass is 559 g/mol. The molecule has 4 rings (SSSR count). The maximum absolute atomic E-state index is 12.6. The Hall–Kier alpha value is -3.09. The van der Waals surface area contributed by atoms with Gasteiger partial charge >= 0.3 is 0 Å². The first-order chi connectivity index (χ1) is 17.3.